The van der Waals surface area contributed by atoms with Gasteiger partial charge in [0.2, 0.25) is 5.91 Å². The molecule has 5 nitrogen and oxygen atoms in total. The molecule has 0 bridgehead atoms. The van der Waals surface area contributed by atoms with Crippen LogP contribution in [0.4, 0.5) is 0 Å². The summed E-state index contributed by atoms with van der Waals surface area (Å²) in [5.74, 6) is 4.92. The Bertz CT molecular complexity index is 342. The summed E-state index contributed by atoms with van der Waals surface area (Å²) in [5.41, 5.74) is 3.36. The first-order valence-corrected chi connectivity index (χ1v) is 5.72. The SMILES string of the molecule is CC(CCC(=O)NN)N(C)Cc1ccncc1. The number of hydrazine groups is 1. The molecule has 1 amide bonds. The summed E-state index contributed by atoms with van der Waals surface area (Å²) in [4.78, 5) is 17.2. The average Bonchev–Trinajstić information content (AvgIpc) is 2.36. The highest BCUT2D eigenvalue weighted by molar-refractivity contribution is 5.75. The molecule has 0 fully saturated rings. The molecule has 1 rings (SSSR count). The van der Waals surface area contributed by atoms with Crippen molar-refractivity contribution in [2.24, 2.45) is 5.84 Å². The molecule has 0 radical (unpaired) electrons. The molecule has 0 aromatic carbocycles. The summed E-state index contributed by atoms with van der Waals surface area (Å²) in [6.07, 6.45) is 4.83. The van der Waals surface area contributed by atoms with Crippen molar-refractivity contribution in [3.63, 3.8) is 0 Å². The standard InChI is InChI=1S/C12H20N4O/c1-10(3-4-12(17)15-13)16(2)9-11-5-7-14-8-6-11/h5-8,10H,3-4,9,13H2,1-2H3,(H,15,17). The zero-order valence-corrected chi connectivity index (χ0v) is 10.4. The largest absolute Gasteiger partial charge is 0.299 e. The van der Waals surface area contributed by atoms with E-state index in [9.17, 15) is 4.79 Å². The fourth-order valence-corrected chi connectivity index (χ4v) is 1.56. The van der Waals surface area contributed by atoms with Crippen molar-refractivity contribution >= 4 is 5.91 Å². The van der Waals surface area contributed by atoms with Crippen LogP contribution in [0.1, 0.15) is 25.3 Å². The van der Waals surface area contributed by atoms with Crippen LogP contribution in [-0.2, 0) is 11.3 Å². The summed E-state index contributed by atoms with van der Waals surface area (Å²) >= 11 is 0. The van der Waals surface area contributed by atoms with Gasteiger partial charge in [0, 0.05) is 31.4 Å². The van der Waals surface area contributed by atoms with Crippen molar-refractivity contribution in [1.82, 2.24) is 15.3 Å². The summed E-state index contributed by atoms with van der Waals surface area (Å²) in [7, 11) is 2.05. The van der Waals surface area contributed by atoms with Crippen LogP contribution < -0.4 is 11.3 Å². The third-order valence-corrected chi connectivity index (χ3v) is 2.88. The van der Waals surface area contributed by atoms with Gasteiger partial charge < -0.3 is 0 Å². The van der Waals surface area contributed by atoms with Gasteiger partial charge in [0.1, 0.15) is 0 Å². The van der Waals surface area contributed by atoms with Crippen LogP contribution in [0, 0.1) is 0 Å². The van der Waals surface area contributed by atoms with E-state index in [2.05, 4.69) is 22.2 Å². The smallest absolute Gasteiger partial charge is 0.233 e. The summed E-state index contributed by atoms with van der Waals surface area (Å²) < 4.78 is 0. The molecule has 0 saturated heterocycles. The Morgan fingerprint density at radius 1 is 1.53 bits per heavy atom. The van der Waals surface area contributed by atoms with Crippen LogP contribution in [0.15, 0.2) is 24.5 Å². The van der Waals surface area contributed by atoms with Crippen LogP contribution in [0.25, 0.3) is 0 Å². The van der Waals surface area contributed by atoms with Gasteiger partial charge in [-0.2, -0.15) is 0 Å². The fraction of sp³-hybridized carbons (Fsp3) is 0.500. The molecule has 0 spiro atoms. The number of nitrogens with zero attached hydrogens (tertiary/aromatic N) is 2. The minimum absolute atomic E-state index is 0.117. The van der Waals surface area contributed by atoms with Gasteiger partial charge in [-0.05, 0) is 38.1 Å². The molecule has 0 aliphatic rings. The highest BCUT2D eigenvalue weighted by Gasteiger charge is 2.11. The number of hydrogen-bond acceptors (Lipinski definition) is 4. The van der Waals surface area contributed by atoms with E-state index in [4.69, 9.17) is 5.84 Å². The van der Waals surface area contributed by atoms with Crippen molar-refractivity contribution in [3.05, 3.63) is 30.1 Å². The Morgan fingerprint density at radius 3 is 2.76 bits per heavy atom. The van der Waals surface area contributed by atoms with Crippen LogP contribution in [-0.4, -0.2) is 28.9 Å². The number of hydrogen-bond donors (Lipinski definition) is 2. The lowest BCUT2D eigenvalue weighted by Crippen LogP contribution is -2.33. The molecule has 1 unspecified atom stereocenters. The van der Waals surface area contributed by atoms with Crippen LogP contribution >= 0.6 is 0 Å². The number of carbonyl (C=O) groups is 1. The first kappa shape index (κ1) is 13.6. The second-order valence-electron chi connectivity index (χ2n) is 4.23. The van der Waals surface area contributed by atoms with Crippen molar-refractivity contribution in [1.29, 1.82) is 0 Å². The van der Waals surface area contributed by atoms with Crippen molar-refractivity contribution in [2.45, 2.75) is 32.4 Å². The van der Waals surface area contributed by atoms with E-state index in [-0.39, 0.29) is 5.91 Å². The van der Waals surface area contributed by atoms with Gasteiger partial charge in [-0.15, -0.1) is 0 Å². The number of nitrogens with two attached hydrogens (primary N) is 1. The van der Waals surface area contributed by atoms with Crippen molar-refractivity contribution in [2.75, 3.05) is 7.05 Å². The molecule has 5 heteroatoms. The number of nitrogens with one attached hydrogen (secondary N) is 1. The summed E-state index contributed by atoms with van der Waals surface area (Å²) in [6.45, 7) is 2.96. The second-order valence-corrected chi connectivity index (χ2v) is 4.23. The average molecular weight is 236 g/mol. The first-order valence-electron chi connectivity index (χ1n) is 5.72. The van der Waals surface area contributed by atoms with E-state index < -0.39 is 0 Å². The molecular formula is C12H20N4O. The Hall–Kier alpha value is -1.46. The van der Waals surface area contributed by atoms with Crippen molar-refractivity contribution < 1.29 is 4.79 Å². The van der Waals surface area contributed by atoms with Crippen molar-refractivity contribution in [3.8, 4) is 0 Å². The molecule has 1 heterocycles. The van der Waals surface area contributed by atoms with Gasteiger partial charge in [-0.25, -0.2) is 5.84 Å². The van der Waals surface area contributed by atoms with E-state index >= 15 is 0 Å². The Morgan fingerprint density at radius 2 is 2.18 bits per heavy atom. The number of pyridine rings is 1. The number of amides is 1. The van der Waals surface area contributed by atoms with Gasteiger partial charge in [0.05, 0.1) is 0 Å². The normalized spacial score (nSPS) is 12.5. The summed E-state index contributed by atoms with van der Waals surface area (Å²) in [5, 5.41) is 0. The maximum absolute atomic E-state index is 11.0. The third-order valence-electron chi connectivity index (χ3n) is 2.88. The minimum atomic E-state index is -0.117. The Balaban J connectivity index is 2.37. The zero-order valence-electron chi connectivity index (χ0n) is 10.4. The molecule has 17 heavy (non-hydrogen) atoms. The van der Waals surface area contributed by atoms with Crippen LogP contribution in [0.3, 0.4) is 0 Å². The molecule has 3 N–H and O–H groups in total. The van der Waals surface area contributed by atoms with Gasteiger partial charge >= 0.3 is 0 Å². The maximum Gasteiger partial charge on any atom is 0.233 e. The lowest BCUT2D eigenvalue weighted by molar-refractivity contribution is -0.121. The van der Waals surface area contributed by atoms with E-state index in [1.54, 1.807) is 12.4 Å². The van der Waals surface area contributed by atoms with Crippen LogP contribution in [0.5, 0.6) is 0 Å². The maximum atomic E-state index is 11.0. The lowest BCUT2D eigenvalue weighted by Gasteiger charge is -2.24. The molecule has 94 valence electrons. The van der Waals surface area contributed by atoms with E-state index in [0.29, 0.717) is 12.5 Å². The Labute approximate surface area is 102 Å². The molecule has 0 aliphatic carbocycles. The van der Waals surface area contributed by atoms with Gasteiger partial charge in [-0.1, -0.05) is 0 Å². The highest BCUT2D eigenvalue weighted by atomic mass is 16.2. The topological polar surface area (TPSA) is 71.2 Å². The van der Waals surface area contributed by atoms with Gasteiger partial charge in [-0.3, -0.25) is 20.1 Å². The summed E-state index contributed by atoms with van der Waals surface area (Å²) in [6, 6.07) is 4.33. The molecule has 1 atom stereocenters. The fourth-order valence-electron chi connectivity index (χ4n) is 1.56. The number of aromatic nitrogens is 1. The second kappa shape index (κ2) is 6.98. The van der Waals surface area contributed by atoms with Gasteiger partial charge in [0.15, 0.2) is 0 Å². The van der Waals surface area contributed by atoms with E-state index in [1.165, 1.54) is 5.56 Å². The number of carbonyl (C=O) groups excluding carboxylic acids is 1. The molecule has 0 aliphatic heterocycles. The number of rotatable bonds is 6. The zero-order chi connectivity index (χ0) is 12.7. The predicted molar refractivity (Wildman–Crippen MR) is 66.7 cm³/mol. The lowest BCUT2D eigenvalue weighted by atomic mass is 10.1. The molecule has 1 aromatic heterocycles. The third kappa shape index (κ3) is 4.93. The first-order chi connectivity index (χ1) is 8.13. The Kier molecular flexibility index (Phi) is 5.59. The van der Waals surface area contributed by atoms with Crippen LogP contribution in [0.2, 0.25) is 0 Å². The molecule has 1 aromatic rings. The van der Waals surface area contributed by atoms with E-state index in [1.807, 2.05) is 19.2 Å². The molecule has 0 saturated carbocycles. The monoisotopic (exact) mass is 236 g/mol. The predicted octanol–water partition coefficient (Wildman–Crippen LogP) is 0.672. The highest BCUT2D eigenvalue weighted by Crippen LogP contribution is 2.09. The quantitative estimate of drug-likeness (QED) is 0.433. The van der Waals surface area contributed by atoms with Gasteiger partial charge in [0.25, 0.3) is 0 Å². The minimum Gasteiger partial charge on any atom is -0.299 e. The van der Waals surface area contributed by atoms with E-state index in [0.717, 1.165) is 13.0 Å². The molecular weight excluding hydrogens is 216 g/mol.